The van der Waals surface area contributed by atoms with E-state index in [0.717, 1.165) is 22.1 Å². The second-order valence-electron chi connectivity index (χ2n) is 15.2. The first kappa shape index (κ1) is 43.8. The van der Waals surface area contributed by atoms with Crippen molar-refractivity contribution in [1.29, 1.82) is 0 Å². The van der Waals surface area contributed by atoms with Crippen LogP contribution in [-0.4, -0.2) is 85.8 Å². The quantitative estimate of drug-likeness (QED) is 0.0532. The number of rotatable bonds is 37. The topological polar surface area (TPSA) is 40.5 Å². The Morgan fingerprint density at radius 2 is 0.455 bits per heavy atom. The summed E-state index contributed by atoms with van der Waals surface area (Å²) >= 11 is 0. The minimum atomic E-state index is 0.323. The predicted octanol–water partition coefficient (Wildman–Crippen LogP) is 10.8. The van der Waals surface area contributed by atoms with E-state index in [0.29, 0.717) is 13.2 Å². The highest BCUT2D eigenvalue weighted by atomic mass is 16.3. The van der Waals surface area contributed by atoms with Crippen LogP contribution in [0.4, 0.5) is 0 Å². The average Bonchev–Trinajstić information content (AvgIpc) is 3.00. The van der Waals surface area contributed by atoms with Crippen LogP contribution in [0, 0.1) is 0 Å². The Morgan fingerprint density at radius 1 is 0.273 bits per heavy atom. The van der Waals surface area contributed by atoms with E-state index in [9.17, 15) is 10.2 Å². The lowest BCUT2D eigenvalue weighted by atomic mass is 10.1. The van der Waals surface area contributed by atoms with Crippen molar-refractivity contribution < 1.29 is 19.2 Å². The molecule has 0 fully saturated rings. The van der Waals surface area contributed by atoms with Crippen LogP contribution in [0.15, 0.2) is 0 Å². The van der Waals surface area contributed by atoms with Crippen molar-refractivity contribution in [3.05, 3.63) is 0 Å². The molecule has 2 unspecified atom stereocenters. The van der Waals surface area contributed by atoms with Gasteiger partial charge in [0.2, 0.25) is 0 Å². The van der Waals surface area contributed by atoms with Crippen LogP contribution >= 0.6 is 0 Å². The highest BCUT2D eigenvalue weighted by Crippen LogP contribution is 2.17. The maximum Gasteiger partial charge on any atom is 0.102 e. The maximum absolute atomic E-state index is 9.67. The van der Waals surface area contributed by atoms with Gasteiger partial charge in [-0.3, -0.25) is 0 Å². The van der Waals surface area contributed by atoms with Gasteiger partial charge >= 0.3 is 0 Å². The van der Waals surface area contributed by atoms with Crippen LogP contribution in [0.2, 0.25) is 0 Å². The van der Waals surface area contributed by atoms with Gasteiger partial charge in [0.15, 0.2) is 0 Å². The molecule has 0 bridgehead atoms. The molecule has 0 saturated carbocycles. The number of aliphatic hydroxyl groups excluding tert-OH is 2. The number of unbranched alkanes of at least 4 members (excludes halogenated alkanes) is 25. The number of hydrogen-bond donors (Lipinski definition) is 2. The molecule has 0 aliphatic rings. The average molecular weight is 627 g/mol. The van der Waals surface area contributed by atoms with Crippen molar-refractivity contribution in [2.24, 2.45) is 0 Å². The first-order valence-electron chi connectivity index (χ1n) is 20.3. The first-order chi connectivity index (χ1) is 21.4. The molecule has 0 amide bonds. The molecule has 0 aromatic carbocycles. The van der Waals surface area contributed by atoms with Gasteiger partial charge in [0.1, 0.15) is 13.1 Å². The molecule has 4 heteroatoms. The first-order valence-corrected chi connectivity index (χ1v) is 20.3. The van der Waals surface area contributed by atoms with Gasteiger partial charge in [-0.2, -0.15) is 0 Å². The highest BCUT2D eigenvalue weighted by molar-refractivity contribution is 4.53. The lowest BCUT2D eigenvalue weighted by molar-refractivity contribution is -0.910. The van der Waals surface area contributed by atoms with Gasteiger partial charge in [-0.25, -0.2) is 0 Å². The maximum atomic E-state index is 9.67. The van der Waals surface area contributed by atoms with Crippen molar-refractivity contribution in [1.82, 2.24) is 0 Å². The summed E-state index contributed by atoms with van der Waals surface area (Å²) in [6, 6.07) is 0. The Morgan fingerprint density at radius 3 is 0.636 bits per heavy atom. The van der Waals surface area contributed by atoms with Gasteiger partial charge in [-0.05, 0) is 51.4 Å². The summed E-state index contributed by atoms with van der Waals surface area (Å²) in [5.41, 5.74) is 0. The third-order valence-corrected chi connectivity index (χ3v) is 10.5. The zero-order chi connectivity index (χ0) is 32.5. The van der Waals surface area contributed by atoms with Crippen LogP contribution in [-0.2, 0) is 0 Å². The van der Waals surface area contributed by atoms with Crippen molar-refractivity contribution in [3.8, 4) is 0 Å². The van der Waals surface area contributed by atoms with E-state index < -0.39 is 0 Å². The number of aliphatic hydroxyl groups is 2. The fraction of sp³-hybridized carbons (Fsp3) is 1.00. The second kappa shape index (κ2) is 32.8. The molecular weight excluding hydrogens is 540 g/mol. The minimum Gasteiger partial charge on any atom is -0.391 e. The molecule has 0 aromatic heterocycles. The normalized spacial score (nSPS) is 14.6. The molecule has 0 spiro atoms. The fourth-order valence-corrected chi connectivity index (χ4v) is 7.16. The smallest absolute Gasteiger partial charge is 0.102 e. The fourth-order valence-electron chi connectivity index (χ4n) is 7.16. The van der Waals surface area contributed by atoms with Gasteiger partial charge in [0.25, 0.3) is 0 Å². The molecule has 266 valence electrons. The van der Waals surface area contributed by atoms with Crippen LogP contribution in [0.3, 0.4) is 0 Å². The number of hydrogen-bond acceptors (Lipinski definition) is 2. The zero-order valence-electron chi connectivity index (χ0n) is 31.2. The molecule has 0 heterocycles. The summed E-state index contributed by atoms with van der Waals surface area (Å²) in [4.78, 5) is 0. The lowest BCUT2D eigenvalue weighted by Crippen LogP contribution is -2.47. The van der Waals surface area contributed by atoms with E-state index in [4.69, 9.17) is 0 Å². The Hall–Kier alpha value is -0.160. The van der Waals surface area contributed by atoms with E-state index in [1.165, 1.54) is 206 Å². The SMILES string of the molecule is CCCCCCCCCCCC[N+](C)(CCO)CCCCCCCCCC[N+](C)(CCO)CCCCCCCCCCCC. The summed E-state index contributed by atoms with van der Waals surface area (Å²) in [5.74, 6) is 0. The van der Waals surface area contributed by atoms with Crippen LogP contribution < -0.4 is 0 Å². The molecular formula is C40H86N2O2+2. The standard InChI is InChI=1S/C40H86N2O2/c1-5-7-9-11-13-15-17-21-25-29-33-41(3,37-39-43)35-31-27-23-19-20-24-28-32-36-42(4,38-40-44)34-30-26-22-18-16-14-12-10-8-6-2/h43-44H,5-40H2,1-4H3/q+2. The lowest BCUT2D eigenvalue weighted by Gasteiger charge is -2.34. The molecule has 2 atom stereocenters. The van der Waals surface area contributed by atoms with Gasteiger partial charge in [0.05, 0.1) is 53.5 Å². The van der Waals surface area contributed by atoms with Gasteiger partial charge in [0, 0.05) is 0 Å². The Kier molecular flexibility index (Phi) is 32.6. The van der Waals surface area contributed by atoms with Crippen molar-refractivity contribution in [2.75, 3.05) is 66.6 Å². The Balaban J connectivity index is 3.82. The highest BCUT2D eigenvalue weighted by Gasteiger charge is 2.21. The Bertz CT molecular complexity index is 511. The van der Waals surface area contributed by atoms with Gasteiger partial charge in [-0.15, -0.1) is 0 Å². The molecule has 0 saturated heterocycles. The van der Waals surface area contributed by atoms with E-state index in [2.05, 4.69) is 27.9 Å². The molecule has 4 nitrogen and oxygen atoms in total. The number of likely N-dealkylation sites (N-methyl/N-ethyl adjacent to an activating group) is 2. The molecule has 2 N–H and O–H groups in total. The van der Waals surface area contributed by atoms with Crippen molar-refractivity contribution >= 4 is 0 Å². The van der Waals surface area contributed by atoms with Crippen molar-refractivity contribution in [3.63, 3.8) is 0 Å². The summed E-state index contributed by atoms with van der Waals surface area (Å²) in [5, 5.41) is 19.3. The second-order valence-corrected chi connectivity index (χ2v) is 15.2. The summed E-state index contributed by atoms with van der Waals surface area (Å²) < 4.78 is 2.13. The molecule has 0 radical (unpaired) electrons. The zero-order valence-corrected chi connectivity index (χ0v) is 31.2. The molecule has 0 rings (SSSR count). The van der Waals surface area contributed by atoms with Gasteiger partial charge < -0.3 is 19.2 Å². The summed E-state index contributed by atoms with van der Waals surface area (Å²) in [6.45, 7) is 12.0. The van der Waals surface area contributed by atoms with Gasteiger partial charge in [-0.1, -0.05) is 142 Å². The molecule has 0 aliphatic carbocycles. The van der Waals surface area contributed by atoms with E-state index in [1.54, 1.807) is 0 Å². The largest absolute Gasteiger partial charge is 0.391 e. The summed E-state index contributed by atoms with van der Waals surface area (Å²) in [7, 11) is 4.76. The van der Waals surface area contributed by atoms with Crippen LogP contribution in [0.25, 0.3) is 0 Å². The molecule has 0 aromatic rings. The summed E-state index contributed by atoms with van der Waals surface area (Å²) in [6.07, 6.45) is 38.7. The number of quaternary nitrogens is 2. The molecule has 44 heavy (non-hydrogen) atoms. The third kappa shape index (κ3) is 29.3. The van der Waals surface area contributed by atoms with Crippen LogP contribution in [0.5, 0.6) is 0 Å². The Labute approximate surface area is 279 Å². The van der Waals surface area contributed by atoms with E-state index in [1.807, 2.05) is 0 Å². The predicted molar refractivity (Wildman–Crippen MR) is 196 cm³/mol. The molecule has 0 aliphatic heterocycles. The van der Waals surface area contributed by atoms with Crippen LogP contribution in [0.1, 0.15) is 194 Å². The third-order valence-electron chi connectivity index (χ3n) is 10.5. The van der Waals surface area contributed by atoms with E-state index >= 15 is 0 Å². The monoisotopic (exact) mass is 627 g/mol. The van der Waals surface area contributed by atoms with Crippen molar-refractivity contribution in [2.45, 2.75) is 194 Å². The van der Waals surface area contributed by atoms with E-state index in [-0.39, 0.29) is 0 Å². The minimum absolute atomic E-state index is 0.323. The number of nitrogens with zero attached hydrogens (tertiary/aromatic N) is 2.